The Bertz CT molecular complexity index is 274. The first-order valence-corrected chi connectivity index (χ1v) is 6.48. The molecule has 0 atom stereocenters. The summed E-state index contributed by atoms with van der Waals surface area (Å²) in [6, 6.07) is 0. The van der Waals surface area contributed by atoms with Crippen molar-refractivity contribution in [2.24, 2.45) is 0 Å². The first-order chi connectivity index (χ1) is 6.41. The number of hydrogen-bond acceptors (Lipinski definition) is 3. The number of nitrogens with one attached hydrogen (secondary N) is 1. The number of rotatable bonds is 6. The third kappa shape index (κ3) is 5.18. The molecule has 14 heavy (non-hydrogen) atoms. The Kier molecular flexibility index (Phi) is 5.71. The van der Waals surface area contributed by atoms with Crippen molar-refractivity contribution in [3.8, 4) is 0 Å². The van der Waals surface area contributed by atoms with E-state index in [0.29, 0.717) is 26.1 Å². The molecule has 0 aliphatic heterocycles. The summed E-state index contributed by atoms with van der Waals surface area (Å²) in [7, 11) is -3.14. The zero-order chi connectivity index (χ0) is 11.2. The molecule has 6 heteroatoms. The third-order valence-corrected chi connectivity index (χ3v) is 3.21. The summed E-state index contributed by atoms with van der Waals surface area (Å²) in [4.78, 5) is 10.9. The predicted molar refractivity (Wildman–Crippen MR) is 55.4 cm³/mol. The van der Waals surface area contributed by atoms with Crippen LogP contribution >= 0.6 is 0 Å². The van der Waals surface area contributed by atoms with Gasteiger partial charge in [0.2, 0.25) is 15.9 Å². The van der Waals surface area contributed by atoms with E-state index < -0.39 is 10.0 Å². The summed E-state index contributed by atoms with van der Waals surface area (Å²) in [5.74, 6) is -0.0606. The number of sulfonamides is 1. The van der Waals surface area contributed by atoms with Crippen molar-refractivity contribution in [2.75, 3.05) is 25.9 Å². The molecule has 0 aromatic heterocycles. The van der Waals surface area contributed by atoms with Crippen molar-refractivity contribution >= 4 is 15.9 Å². The van der Waals surface area contributed by atoms with Gasteiger partial charge in [-0.1, -0.05) is 13.8 Å². The van der Waals surface area contributed by atoms with Gasteiger partial charge >= 0.3 is 0 Å². The molecule has 0 aliphatic carbocycles. The maximum absolute atomic E-state index is 11.1. The maximum Gasteiger partial charge on any atom is 0.219 e. The Morgan fingerprint density at radius 3 is 2.29 bits per heavy atom. The summed E-state index contributed by atoms with van der Waals surface area (Å²) in [5, 5.41) is 2.62. The number of carbonyl (C=O) groups is 1. The highest BCUT2D eigenvalue weighted by molar-refractivity contribution is 7.88. The fourth-order valence-corrected chi connectivity index (χ4v) is 1.90. The van der Waals surface area contributed by atoms with Crippen LogP contribution in [0.5, 0.6) is 0 Å². The molecule has 0 saturated heterocycles. The Balaban J connectivity index is 3.93. The van der Waals surface area contributed by atoms with E-state index in [9.17, 15) is 13.2 Å². The van der Waals surface area contributed by atoms with Crippen molar-refractivity contribution in [1.82, 2.24) is 9.62 Å². The molecule has 0 unspecified atom stereocenters. The maximum atomic E-state index is 11.1. The van der Waals surface area contributed by atoms with E-state index in [0.717, 1.165) is 6.26 Å². The summed E-state index contributed by atoms with van der Waals surface area (Å²) in [6.07, 6.45) is 1.59. The molecule has 0 radical (unpaired) electrons. The van der Waals surface area contributed by atoms with Crippen LogP contribution in [-0.2, 0) is 14.8 Å². The summed E-state index contributed by atoms with van der Waals surface area (Å²) in [5.41, 5.74) is 0. The lowest BCUT2D eigenvalue weighted by Crippen LogP contribution is -2.37. The van der Waals surface area contributed by atoms with Gasteiger partial charge in [0.05, 0.1) is 6.26 Å². The van der Waals surface area contributed by atoms with E-state index in [1.807, 2.05) is 0 Å². The molecule has 0 heterocycles. The summed E-state index contributed by atoms with van der Waals surface area (Å²) in [6.45, 7) is 4.65. The van der Waals surface area contributed by atoms with Gasteiger partial charge in [-0.2, -0.15) is 0 Å². The highest BCUT2D eigenvalue weighted by Gasteiger charge is 2.13. The SMILES string of the molecule is CCC(=O)NCCN(CC)S(C)(=O)=O. The van der Waals surface area contributed by atoms with Crippen LogP contribution in [0.4, 0.5) is 0 Å². The van der Waals surface area contributed by atoms with E-state index in [2.05, 4.69) is 5.32 Å². The molecule has 0 rings (SSSR count). The molecule has 1 amide bonds. The van der Waals surface area contributed by atoms with Crippen LogP contribution in [0.25, 0.3) is 0 Å². The van der Waals surface area contributed by atoms with E-state index in [4.69, 9.17) is 0 Å². The molecule has 0 aromatic rings. The Hall–Kier alpha value is -0.620. The topological polar surface area (TPSA) is 66.5 Å². The second kappa shape index (κ2) is 5.98. The number of carbonyl (C=O) groups excluding carboxylic acids is 1. The smallest absolute Gasteiger partial charge is 0.219 e. The van der Waals surface area contributed by atoms with E-state index in [-0.39, 0.29) is 5.91 Å². The second-order valence-electron chi connectivity index (χ2n) is 2.96. The van der Waals surface area contributed by atoms with Gasteiger partial charge in [0.1, 0.15) is 0 Å². The molecular formula is C8H18N2O3S. The molecule has 1 N–H and O–H groups in total. The number of hydrogen-bond donors (Lipinski definition) is 1. The van der Waals surface area contributed by atoms with E-state index in [1.165, 1.54) is 4.31 Å². The van der Waals surface area contributed by atoms with Gasteiger partial charge in [-0.15, -0.1) is 0 Å². The van der Waals surface area contributed by atoms with Gasteiger partial charge in [0.25, 0.3) is 0 Å². The van der Waals surface area contributed by atoms with E-state index >= 15 is 0 Å². The van der Waals surface area contributed by atoms with Crippen LogP contribution < -0.4 is 5.32 Å². The lowest BCUT2D eigenvalue weighted by Gasteiger charge is -2.17. The van der Waals surface area contributed by atoms with Crippen molar-refractivity contribution < 1.29 is 13.2 Å². The molecule has 84 valence electrons. The molecule has 0 fully saturated rings. The largest absolute Gasteiger partial charge is 0.355 e. The van der Waals surface area contributed by atoms with Gasteiger partial charge in [-0.05, 0) is 0 Å². The van der Waals surface area contributed by atoms with Gasteiger partial charge in [-0.25, -0.2) is 12.7 Å². The highest BCUT2D eigenvalue weighted by atomic mass is 32.2. The molecule has 0 bridgehead atoms. The van der Waals surface area contributed by atoms with Gasteiger partial charge in [0.15, 0.2) is 0 Å². The van der Waals surface area contributed by atoms with E-state index in [1.54, 1.807) is 13.8 Å². The Labute approximate surface area is 85.5 Å². The third-order valence-electron chi connectivity index (χ3n) is 1.83. The van der Waals surface area contributed by atoms with Crippen LogP contribution in [0.3, 0.4) is 0 Å². The fourth-order valence-electron chi connectivity index (χ4n) is 1.00. The number of likely N-dealkylation sites (N-methyl/N-ethyl adjacent to an activating group) is 1. The molecular weight excluding hydrogens is 204 g/mol. The minimum Gasteiger partial charge on any atom is -0.355 e. The first-order valence-electron chi connectivity index (χ1n) is 4.63. The van der Waals surface area contributed by atoms with Crippen molar-refractivity contribution in [3.05, 3.63) is 0 Å². The molecule has 0 aromatic carbocycles. The second-order valence-corrected chi connectivity index (χ2v) is 4.94. The standard InChI is InChI=1S/C8H18N2O3S/c1-4-8(11)9-6-7-10(5-2)14(3,12)13/h4-7H2,1-3H3,(H,9,11). The predicted octanol–water partition coefficient (Wildman–Crippen LogP) is -0.206. The average molecular weight is 222 g/mol. The molecule has 5 nitrogen and oxygen atoms in total. The van der Waals surface area contributed by atoms with Crippen LogP contribution in [0.2, 0.25) is 0 Å². The quantitative estimate of drug-likeness (QED) is 0.676. The minimum absolute atomic E-state index is 0.0606. The van der Waals surface area contributed by atoms with Gasteiger partial charge in [0, 0.05) is 26.1 Å². The summed E-state index contributed by atoms with van der Waals surface area (Å²) < 4.78 is 23.6. The normalized spacial score (nSPS) is 11.7. The zero-order valence-corrected chi connectivity index (χ0v) is 9.73. The van der Waals surface area contributed by atoms with Gasteiger partial charge in [-0.3, -0.25) is 4.79 Å². The van der Waals surface area contributed by atoms with Crippen molar-refractivity contribution in [2.45, 2.75) is 20.3 Å². The lowest BCUT2D eigenvalue weighted by molar-refractivity contribution is -0.120. The highest BCUT2D eigenvalue weighted by Crippen LogP contribution is 1.95. The fraction of sp³-hybridized carbons (Fsp3) is 0.875. The van der Waals surface area contributed by atoms with Crippen molar-refractivity contribution in [1.29, 1.82) is 0 Å². The van der Waals surface area contributed by atoms with Crippen LogP contribution in [0.1, 0.15) is 20.3 Å². The Morgan fingerprint density at radius 2 is 1.93 bits per heavy atom. The Morgan fingerprint density at radius 1 is 1.36 bits per heavy atom. The average Bonchev–Trinajstić information content (AvgIpc) is 2.09. The van der Waals surface area contributed by atoms with Crippen molar-refractivity contribution in [3.63, 3.8) is 0 Å². The van der Waals surface area contributed by atoms with Gasteiger partial charge < -0.3 is 5.32 Å². The monoisotopic (exact) mass is 222 g/mol. The molecule has 0 saturated carbocycles. The van der Waals surface area contributed by atoms with Crippen LogP contribution in [0.15, 0.2) is 0 Å². The summed E-state index contributed by atoms with van der Waals surface area (Å²) >= 11 is 0. The van der Waals surface area contributed by atoms with Crippen LogP contribution in [-0.4, -0.2) is 44.5 Å². The minimum atomic E-state index is -3.14. The zero-order valence-electron chi connectivity index (χ0n) is 8.91. The lowest BCUT2D eigenvalue weighted by atomic mass is 10.4. The van der Waals surface area contributed by atoms with Crippen LogP contribution in [0, 0.1) is 0 Å². The molecule has 0 aliphatic rings. The first kappa shape index (κ1) is 13.4. The molecule has 0 spiro atoms. The number of nitrogens with zero attached hydrogens (tertiary/aromatic N) is 1. The number of amides is 1.